The molecule has 0 aliphatic carbocycles. The minimum Gasteiger partial charge on any atom is -0.383 e. The Bertz CT molecular complexity index is 565. The number of amides is 1. The van der Waals surface area contributed by atoms with Gasteiger partial charge in [-0.25, -0.2) is 4.39 Å². The number of hydrogen-bond acceptors (Lipinski definition) is 3. The van der Waals surface area contributed by atoms with E-state index in [9.17, 15) is 9.18 Å². The first-order chi connectivity index (χ1) is 9.47. The third kappa shape index (κ3) is 2.76. The van der Waals surface area contributed by atoms with Crippen LogP contribution in [-0.2, 0) is 15.1 Å². The molecule has 20 heavy (non-hydrogen) atoms. The molecule has 2 rings (SSSR count). The summed E-state index contributed by atoms with van der Waals surface area (Å²) >= 11 is 5.76. The van der Waals surface area contributed by atoms with Crippen LogP contribution < -0.4 is 10.6 Å². The zero-order chi connectivity index (χ0) is 14.8. The lowest BCUT2D eigenvalue weighted by Gasteiger charge is -2.21. The molecule has 0 spiro atoms. The predicted octanol–water partition coefficient (Wildman–Crippen LogP) is 1.42. The highest BCUT2D eigenvalue weighted by Gasteiger charge is 2.42. The summed E-state index contributed by atoms with van der Waals surface area (Å²) < 4.78 is 18.1. The first-order valence-electron chi connectivity index (χ1n) is 6.06. The summed E-state index contributed by atoms with van der Waals surface area (Å²) in [4.78, 5) is 16.3. The second kappa shape index (κ2) is 5.76. The molecular weight excluding hydrogens is 285 g/mol. The first kappa shape index (κ1) is 14.7. The molecule has 5 nitrogen and oxygen atoms in total. The van der Waals surface area contributed by atoms with Crippen molar-refractivity contribution in [3.8, 4) is 0 Å². The molecular formula is C13H15ClFN3O2. The van der Waals surface area contributed by atoms with E-state index in [1.807, 2.05) is 0 Å². The molecule has 0 saturated carbocycles. The molecule has 1 aliphatic rings. The van der Waals surface area contributed by atoms with E-state index < -0.39 is 11.4 Å². The number of ether oxygens (including phenoxy) is 1. The fraction of sp³-hybridized carbons (Fsp3) is 0.385. The van der Waals surface area contributed by atoms with E-state index in [1.54, 1.807) is 14.0 Å². The van der Waals surface area contributed by atoms with Gasteiger partial charge in [0.2, 0.25) is 0 Å². The Labute approximate surface area is 121 Å². The van der Waals surface area contributed by atoms with Crippen molar-refractivity contribution in [1.82, 2.24) is 10.6 Å². The molecule has 108 valence electrons. The van der Waals surface area contributed by atoms with Gasteiger partial charge in [0.05, 0.1) is 18.2 Å². The van der Waals surface area contributed by atoms with Gasteiger partial charge in [0.25, 0.3) is 5.91 Å². The Kier molecular flexibility index (Phi) is 4.25. The lowest BCUT2D eigenvalue weighted by Crippen LogP contribution is -2.40. The third-order valence-corrected chi connectivity index (χ3v) is 3.41. The van der Waals surface area contributed by atoms with Gasteiger partial charge in [-0.15, -0.1) is 0 Å². The molecule has 1 unspecified atom stereocenters. The number of guanidine groups is 1. The largest absolute Gasteiger partial charge is 0.383 e. The lowest BCUT2D eigenvalue weighted by atomic mass is 9.92. The van der Waals surface area contributed by atoms with E-state index in [2.05, 4.69) is 15.6 Å². The van der Waals surface area contributed by atoms with Crippen molar-refractivity contribution in [2.24, 2.45) is 4.99 Å². The predicted molar refractivity (Wildman–Crippen MR) is 74.2 cm³/mol. The van der Waals surface area contributed by atoms with Crippen LogP contribution in [-0.4, -0.2) is 32.1 Å². The van der Waals surface area contributed by atoms with Crippen molar-refractivity contribution in [1.29, 1.82) is 0 Å². The van der Waals surface area contributed by atoms with Gasteiger partial charge in [0, 0.05) is 7.11 Å². The summed E-state index contributed by atoms with van der Waals surface area (Å²) in [6.07, 6.45) is 0. The quantitative estimate of drug-likeness (QED) is 0.827. The Morgan fingerprint density at radius 3 is 2.90 bits per heavy atom. The number of benzene rings is 1. The van der Waals surface area contributed by atoms with Gasteiger partial charge < -0.3 is 10.1 Å². The number of carbonyl (C=O) groups excluding carboxylic acids is 1. The lowest BCUT2D eigenvalue weighted by molar-refractivity contribution is -0.123. The van der Waals surface area contributed by atoms with Crippen molar-refractivity contribution in [3.05, 3.63) is 34.6 Å². The fourth-order valence-electron chi connectivity index (χ4n) is 1.90. The summed E-state index contributed by atoms with van der Waals surface area (Å²) in [6.45, 7) is 2.57. The van der Waals surface area contributed by atoms with Crippen LogP contribution in [0.2, 0.25) is 5.02 Å². The zero-order valence-electron chi connectivity index (χ0n) is 11.2. The average molecular weight is 300 g/mol. The second-order valence-corrected chi connectivity index (χ2v) is 4.96. The van der Waals surface area contributed by atoms with E-state index in [0.29, 0.717) is 24.7 Å². The molecule has 0 aromatic heterocycles. The third-order valence-electron chi connectivity index (χ3n) is 3.12. The molecule has 1 heterocycles. The molecule has 1 saturated heterocycles. The van der Waals surface area contributed by atoms with Gasteiger partial charge in [-0.1, -0.05) is 17.7 Å². The van der Waals surface area contributed by atoms with Crippen molar-refractivity contribution >= 4 is 23.5 Å². The number of hydrogen-bond donors (Lipinski definition) is 2. The van der Waals surface area contributed by atoms with Crippen LogP contribution in [0.3, 0.4) is 0 Å². The normalized spacial score (nSPS) is 23.8. The maximum Gasteiger partial charge on any atom is 0.256 e. The van der Waals surface area contributed by atoms with Gasteiger partial charge in [-0.2, -0.15) is 0 Å². The highest BCUT2D eigenvalue weighted by atomic mass is 35.5. The second-order valence-electron chi connectivity index (χ2n) is 4.56. The zero-order valence-corrected chi connectivity index (χ0v) is 11.9. The molecule has 0 radical (unpaired) electrons. The van der Waals surface area contributed by atoms with Crippen molar-refractivity contribution in [3.63, 3.8) is 0 Å². The molecule has 1 atom stereocenters. The number of methoxy groups -OCH3 is 1. The van der Waals surface area contributed by atoms with E-state index in [0.717, 1.165) is 0 Å². The maximum atomic E-state index is 13.2. The number of carbonyl (C=O) groups is 1. The van der Waals surface area contributed by atoms with Gasteiger partial charge in [0.15, 0.2) is 5.96 Å². The minimum atomic E-state index is -1.02. The minimum absolute atomic E-state index is 0.0249. The van der Waals surface area contributed by atoms with Gasteiger partial charge in [0.1, 0.15) is 11.4 Å². The van der Waals surface area contributed by atoms with E-state index in [1.165, 1.54) is 18.2 Å². The Hall–Kier alpha value is -1.66. The van der Waals surface area contributed by atoms with Crippen molar-refractivity contribution in [2.45, 2.75) is 12.5 Å². The maximum absolute atomic E-state index is 13.2. The molecule has 0 bridgehead atoms. The molecule has 1 aromatic rings. The first-order valence-corrected chi connectivity index (χ1v) is 6.43. The molecule has 2 N–H and O–H groups in total. The highest BCUT2D eigenvalue weighted by molar-refractivity contribution is 6.30. The average Bonchev–Trinajstić information content (AvgIpc) is 2.70. The molecule has 1 amide bonds. The summed E-state index contributed by atoms with van der Waals surface area (Å²) in [5.74, 6) is -0.419. The Morgan fingerprint density at radius 1 is 1.50 bits per heavy atom. The number of aliphatic imine (C=N–C) groups is 1. The van der Waals surface area contributed by atoms with Gasteiger partial charge in [-0.05, 0) is 24.6 Å². The Balaban J connectivity index is 2.24. The monoisotopic (exact) mass is 299 g/mol. The van der Waals surface area contributed by atoms with Crippen molar-refractivity contribution < 1.29 is 13.9 Å². The van der Waals surface area contributed by atoms with Crippen LogP contribution in [0.15, 0.2) is 23.2 Å². The van der Waals surface area contributed by atoms with Crippen LogP contribution in [0.1, 0.15) is 12.5 Å². The fourth-order valence-corrected chi connectivity index (χ4v) is 2.08. The molecule has 7 heteroatoms. The number of nitrogens with zero attached hydrogens (tertiary/aromatic N) is 1. The standard InChI is InChI=1S/C13H15ClFN3O2/c1-13(8-3-4-10(15)9(14)7-8)11(19)17-12(18-13)16-5-6-20-2/h3-4,7H,5-6H2,1-2H3,(H2,16,17,18,19). The number of nitrogens with one attached hydrogen (secondary N) is 2. The number of halogens is 2. The van der Waals surface area contributed by atoms with Crippen LogP contribution in [0.5, 0.6) is 0 Å². The number of rotatable bonds is 4. The molecule has 1 aromatic carbocycles. The van der Waals surface area contributed by atoms with Crippen LogP contribution in [0.25, 0.3) is 0 Å². The van der Waals surface area contributed by atoms with Crippen molar-refractivity contribution in [2.75, 3.05) is 20.3 Å². The van der Waals surface area contributed by atoms with E-state index in [4.69, 9.17) is 16.3 Å². The molecule has 1 fully saturated rings. The summed E-state index contributed by atoms with van der Waals surface area (Å²) in [7, 11) is 1.57. The van der Waals surface area contributed by atoms with Gasteiger partial charge in [-0.3, -0.25) is 15.1 Å². The summed E-state index contributed by atoms with van der Waals surface area (Å²) in [5.41, 5.74) is -0.457. The van der Waals surface area contributed by atoms with Crippen LogP contribution in [0, 0.1) is 5.82 Å². The highest BCUT2D eigenvalue weighted by Crippen LogP contribution is 2.27. The molecule has 1 aliphatic heterocycles. The Morgan fingerprint density at radius 2 is 2.25 bits per heavy atom. The van der Waals surface area contributed by atoms with Crippen LogP contribution >= 0.6 is 11.6 Å². The van der Waals surface area contributed by atoms with E-state index in [-0.39, 0.29) is 10.9 Å². The topological polar surface area (TPSA) is 62.7 Å². The van der Waals surface area contributed by atoms with E-state index >= 15 is 0 Å². The SMILES string of the molecule is COCCN=C1NC(=O)C(C)(c2ccc(F)c(Cl)c2)N1. The summed E-state index contributed by atoms with van der Waals surface area (Å²) in [6, 6.07) is 4.19. The van der Waals surface area contributed by atoms with Gasteiger partial charge >= 0.3 is 0 Å². The smallest absolute Gasteiger partial charge is 0.256 e. The summed E-state index contributed by atoms with van der Waals surface area (Å²) in [5, 5.41) is 5.61. The van der Waals surface area contributed by atoms with Crippen LogP contribution in [0.4, 0.5) is 4.39 Å².